The first-order valence-electron chi connectivity index (χ1n) is 9.31. The number of amides is 4. The Labute approximate surface area is 158 Å². The van der Waals surface area contributed by atoms with Crippen molar-refractivity contribution in [1.82, 2.24) is 20.0 Å². The first-order valence-corrected chi connectivity index (χ1v) is 9.31. The number of hydrogen-bond acceptors (Lipinski definition) is 5. The van der Waals surface area contributed by atoms with E-state index in [1.54, 1.807) is 0 Å². The third-order valence-corrected chi connectivity index (χ3v) is 5.31. The zero-order valence-electron chi connectivity index (χ0n) is 15.2. The van der Waals surface area contributed by atoms with Crippen LogP contribution in [0.15, 0.2) is 30.3 Å². The van der Waals surface area contributed by atoms with Crippen LogP contribution in [0.4, 0.5) is 4.79 Å². The summed E-state index contributed by atoms with van der Waals surface area (Å²) < 4.78 is 5.78. The van der Waals surface area contributed by atoms with Crippen LogP contribution in [0, 0.1) is 5.92 Å². The fourth-order valence-corrected chi connectivity index (χ4v) is 4.08. The number of carbonyl (C=O) groups is 3. The zero-order chi connectivity index (χ0) is 18.8. The Bertz CT molecular complexity index is 726. The minimum absolute atomic E-state index is 0.0462. The third-order valence-electron chi connectivity index (χ3n) is 5.31. The normalized spacial score (nSPS) is 26.1. The van der Waals surface area contributed by atoms with Gasteiger partial charge in [-0.15, -0.1) is 0 Å². The molecule has 1 aromatic rings. The number of nitrogens with one attached hydrogen (secondary N) is 1. The van der Waals surface area contributed by atoms with Gasteiger partial charge in [-0.25, -0.2) is 4.79 Å². The third kappa shape index (κ3) is 4.12. The molecule has 4 rings (SSSR count). The van der Waals surface area contributed by atoms with Crippen molar-refractivity contribution in [3.63, 3.8) is 0 Å². The summed E-state index contributed by atoms with van der Waals surface area (Å²) >= 11 is 0. The Balaban J connectivity index is 1.44. The number of fused-ring (bicyclic) bond motifs is 3. The number of rotatable bonds is 4. The quantitative estimate of drug-likeness (QED) is 0.747. The molecule has 2 atom stereocenters. The summed E-state index contributed by atoms with van der Waals surface area (Å²) in [4.78, 5) is 41.5. The Kier molecular flexibility index (Phi) is 5.09. The molecule has 2 bridgehead atoms. The maximum absolute atomic E-state index is 12.9. The van der Waals surface area contributed by atoms with Gasteiger partial charge >= 0.3 is 6.03 Å². The Morgan fingerprint density at radius 3 is 2.67 bits per heavy atom. The maximum atomic E-state index is 12.9. The van der Waals surface area contributed by atoms with E-state index in [1.807, 2.05) is 23.1 Å². The van der Waals surface area contributed by atoms with Crippen molar-refractivity contribution >= 4 is 17.8 Å². The molecule has 0 aliphatic carbocycles. The smallest absolute Gasteiger partial charge is 0.325 e. The first-order chi connectivity index (χ1) is 13.1. The minimum atomic E-state index is -0.493. The molecule has 0 saturated carbocycles. The molecule has 1 N–H and O–H groups in total. The van der Waals surface area contributed by atoms with Crippen LogP contribution in [0.5, 0.6) is 0 Å². The van der Waals surface area contributed by atoms with Gasteiger partial charge in [0.2, 0.25) is 11.8 Å². The van der Waals surface area contributed by atoms with E-state index in [1.165, 1.54) is 10.5 Å². The second-order valence-corrected chi connectivity index (χ2v) is 7.49. The van der Waals surface area contributed by atoms with E-state index >= 15 is 0 Å². The van der Waals surface area contributed by atoms with Crippen molar-refractivity contribution in [3.05, 3.63) is 35.9 Å². The molecule has 27 heavy (non-hydrogen) atoms. The predicted molar refractivity (Wildman–Crippen MR) is 96.6 cm³/mol. The molecule has 144 valence electrons. The average molecular weight is 372 g/mol. The molecule has 0 aromatic heterocycles. The Morgan fingerprint density at radius 2 is 1.93 bits per heavy atom. The lowest BCUT2D eigenvalue weighted by Crippen LogP contribution is -2.50. The van der Waals surface area contributed by atoms with Crippen LogP contribution in [-0.4, -0.2) is 84.5 Å². The number of imide groups is 1. The van der Waals surface area contributed by atoms with Gasteiger partial charge in [0, 0.05) is 32.1 Å². The second-order valence-electron chi connectivity index (χ2n) is 7.49. The first kappa shape index (κ1) is 17.9. The van der Waals surface area contributed by atoms with Gasteiger partial charge in [0.1, 0.15) is 13.1 Å². The van der Waals surface area contributed by atoms with E-state index < -0.39 is 6.03 Å². The summed E-state index contributed by atoms with van der Waals surface area (Å²) in [5.41, 5.74) is 1.25. The highest BCUT2D eigenvalue weighted by molar-refractivity contribution is 6.03. The van der Waals surface area contributed by atoms with Crippen molar-refractivity contribution in [2.75, 3.05) is 45.9 Å². The highest BCUT2D eigenvalue weighted by Gasteiger charge is 2.37. The van der Waals surface area contributed by atoms with Crippen LogP contribution >= 0.6 is 0 Å². The standard InChI is InChI=1S/C19H24N4O4/c24-17-10-22(19(26)20-17)11-18(25)23-8-15-7-21(9-16(23)13-27-12-15)6-14-4-2-1-3-5-14/h1-5,15-16H,6-13H2,(H,20,24,26)/t15-,16-/m0/s1. The molecule has 8 heteroatoms. The van der Waals surface area contributed by atoms with Gasteiger partial charge in [0.05, 0.1) is 19.3 Å². The summed E-state index contributed by atoms with van der Waals surface area (Å²) in [5, 5.41) is 2.21. The second kappa shape index (κ2) is 7.66. The molecular formula is C19H24N4O4. The molecule has 3 aliphatic rings. The van der Waals surface area contributed by atoms with E-state index in [2.05, 4.69) is 22.3 Å². The average Bonchev–Trinajstić information content (AvgIpc) is 2.78. The van der Waals surface area contributed by atoms with E-state index in [9.17, 15) is 14.4 Å². The lowest BCUT2D eigenvalue weighted by Gasteiger charge is -2.32. The van der Waals surface area contributed by atoms with Crippen LogP contribution in [-0.2, 0) is 20.9 Å². The number of ether oxygens (including phenoxy) is 1. The lowest BCUT2D eigenvalue weighted by atomic mass is 10.1. The van der Waals surface area contributed by atoms with Crippen molar-refractivity contribution in [2.45, 2.75) is 12.6 Å². The van der Waals surface area contributed by atoms with Crippen molar-refractivity contribution in [2.24, 2.45) is 5.92 Å². The summed E-state index contributed by atoms with van der Waals surface area (Å²) in [5.74, 6) is -0.249. The van der Waals surface area contributed by atoms with E-state index in [4.69, 9.17) is 4.74 Å². The highest BCUT2D eigenvalue weighted by Crippen LogP contribution is 2.22. The maximum Gasteiger partial charge on any atom is 0.325 e. The number of hydrogen-bond donors (Lipinski definition) is 1. The molecule has 3 saturated heterocycles. The molecule has 3 fully saturated rings. The largest absolute Gasteiger partial charge is 0.379 e. The number of benzene rings is 1. The molecule has 3 heterocycles. The minimum Gasteiger partial charge on any atom is -0.379 e. The van der Waals surface area contributed by atoms with Crippen molar-refractivity contribution in [3.8, 4) is 0 Å². The van der Waals surface area contributed by atoms with Gasteiger partial charge in [-0.1, -0.05) is 30.3 Å². The van der Waals surface area contributed by atoms with Gasteiger partial charge in [-0.05, 0) is 5.56 Å². The fourth-order valence-electron chi connectivity index (χ4n) is 4.08. The molecule has 8 nitrogen and oxygen atoms in total. The van der Waals surface area contributed by atoms with E-state index in [-0.39, 0.29) is 36.9 Å². The van der Waals surface area contributed by atoms with Crippen LogP contribution in [0.25, 0.3) is 0 Å². The summed E-state index contributed by atoms with van der Waals surface area (Å²) in [6, 6.07) is 9.77. The van der Waals surface area contributed by atoms with Gasteiger partial charge in [0.25, 0.3) is 0 Å². The summed E-state index contributed by atoms with van der Waals surface area (Å²) in [7, 11) is 0. The Morgan fingerprint density at radius 1 is 1.11 bits per heavy atom. The fraction of sp³-hybridized carbons (Fsp3) is 0.526. The lowest BCUT2D eigenvalue weighted by molar-refractivity contribution is -0.134. The van der Waals surface area contributed by atoms with Crippen LogP contribution in [0.2, 0.25) is 0 Å². The molecule has 0 unspecified atom stereocenters. The molecule has 0 spiro atoms. The van der Waals surface area contributed by atoms with E-state index in [0.717, 1.165) is 19.6 Å². The van der Waals surface area contributed by atoms with Crippen LogP contribution in [0.3, 0.4) is 0 Å². The molecule has 3 aliphatic heterocycles. The van der Waals surface area contributed by atoms with Crippen LogP contribution < -0.4 is 5.32 Å². The van der Waals surface area contributed by atoms with Crippen LogP contribution in [0.1, 0.15) is 5.56 Å². The number of nitrogens with zero attached hydrogens (tertiary/aromatic N) is 3. The van der Waals surface area contributed by atoms with E-state index in [0.29, 0.717) is 19.8 Å². The highest BCUT2D eigenvalue weighted by atomic mass is 16.5. The predicted octanol–water partition coefficient (Wildman–Crippen LogP) is -0.102. The SMILES string of the molecule is O=C1CN(CC(=O)N2C[C@H]3COC[C@@H]2CN(Cc2ccccc2)C3)C(=O)N1. The topological polar surface area (TPSA) is 82.2 Å². The number of carbonyl (C=O) groups excluding carboxylic acids is 3. The van der Waals surface area contributed by atoms with Gasteiger partial charge in [-0.2, -0.15) is 0 Å². The van der Waals surface area contributed by atoms with Gasteiger partial charge in [0.15, 0.2) is 0 Å². The molecular weight excluding hydrogens is 348 g/mol. The molecule has 1 aromatic carbocycles. The molecule has 4 amide bonds. The van der Waals surface area contributed by atoms with Crippen molar-refractivity contribution in [1.29, 1.82) is 0 Å². The monoisotopic (exact) mass is 372 g/mol. The zero-order valence-corrected chi connectivity index (χ0v) is 15.2. The summed E-state index contributed by atoms with van der Waals surface area (Å²) in [6.45, 7) is 4.09. The van der Waals surface area contributed by atoms with Gasteiger partial charge in [-0.3, -0.25) is 19.8 Å². The number of urea groups is 1. The Hall–Kier alpha value is -2.45. The summed E-state index contributed by atoms with van der Waals surface area (Å²) in [6.07, 6.45) is 0. The molecule has 0 radical (unpaired) electrons. The van der Waals surface area contributed by atoms with Gasteiger partial charge < -0.3 is 14.5 Å². The van der Waals surface area contributed by atoms with Crippen molar-refractivity contribution < 1.29 is 19.1 Å².